The number of rotatable bonds is 6. The third-order valence-electron chi connectivity index (χ3n) is 6.37. The van der Waals surface area contributed by atoms with Crippen molar-refractivity contribution in [2.45, 2.75) is 33.1 Å². The lowest BCUT2D eigenvalue weighted by Gasteiger charge is -2.25. The summed E-state index contributed by atoms with van der Waals surface area (Å²) < 4.78 is 5.08. The largest absolute Gasteiger partial charge is 0.452 e. The number of nitrogens with zero attached hydrogens (tertiary/aromatic N) is 1. The summed E-state index contributed by atoms with van der Waals surface area (Å²) in [5, 5.41) is 5.23. The Hall–Kier alpha value is -4.01. The van der Waals surface area contributed by atoms with E-state index in [1.54, 1.807) is 36.4 Å². The number of fused-ring (bicyclic) bond motifs is 1. The molecule has 2 N–H and O–H groups in total. The fourth-order valence-corrected chi connectivity index (χ4v) is 4.64. The predicted molar refractivity (Wildman–Crippen MR) is 129 cm³/mol. The van der Waals surface area contributed by atoms with Gasteiger partial charge in [0.25, 0.3) is 5.91 Å². The maximum Gasteiger partial charge on any atom is 0.338 e. The first kappa shape index (κ1) is 24.1. The van der Waals surface area contributed by atoms with Crippen LogP contribution >= 0.6 is 0 Å². The number of hydrogen-bond acceptors (Lipinski definition) is 6. The molecule has 0 unspecified atom stereocenters. The van der Waals surface area contributed by atoms with Crippen LogP contribution in [-0.2, 0) is 23.9 Å². The molecule has 0 bridgehead atoms. The molecule has 1 saturated heterocycles. The van der Waals surface area contributed by atoms with Crippen LogP contribution in [0.5, 0.6) is 0 Å². The summed E-state index contributed by atoms with van der Waals surface area (Å²) in [5.41, 5.74) is 1.71. The van der Waals surface area contributed by atoms with Crippen LogP contribution in [0, 0.1) is 17.8 Å². The topological polar surface area (TPSA) is 122 Å². The maximum atomic E-state index is 12.9. The second-order valence-electron chi connectivity index (χ2n) is 9.07. The molecule has 0 aromatic heterocycles. The summed E-state index contributed by atoms with van der Waals surface area (Å²) in [6, 6.07) is 12.5. The van der Waals surface area contributed by atoms with E-state index in [9.17, 15) is 24.0 Å². The SMILES string of the molecule is CC(=O)Nc1ccc(NC(=O)COC(=O)c2ccc(N3C(=O)[C@H]4C[C@H](C)CC[C@H]4C3=O)cc2)cc1. The molecule has 4 amide bonds. The summed E-state index contributed by atoms with van der Waals surface area (Å²) >= 11 is 0. The Bertz CT molecular complexity index is 1160. The first-order chi connectivity index (χ1) is 16.7. The van der Waals surface area contributed by atoms with Gasteiger partial charge < -0.3 is 15.4 Å². The number of nitrogens with one attached hydrogen (secondary N) is 2. The van der Waals surface area contributed by atoms with Crippen molar-refractivity contribution in [3.8, 4) is 0 Å². The summed E-state index contributed by atoms with van der Waals surface area (Å²) in [6.45, 7) is 3.01. The Morgan fingerprint density at radius 1 is 0.886 bits per heavy atom. The number of esters is 1. The van der Waals surface area contributed by atoms with Gasteiger partial charge in [-0.05, 0) is 73.7 Å². The van der Waals surface area contributed by atoms with E-state index in [1.807, 2.05) is 0 Å². The molecule has 2 aromatic carbocycles. The summed E-state index contributed by atoms with van der Waals surface area (Å²) in [5.74, 6) is -1.88. The van der Waals surface area contributed by atoms with Gasteiger partial charge in [0.05, 0.1) is 23.1 Å². The monoisotopic (exact) mass is 477 g/mol. The highest BCUT2D eigenvalue weighted by atomic mass is 16.5. The van der Waals surface area contributed by atoms with Crippen LogP contribution in [-0.4, -0.2) is 36.2 Å². The van der Waals surface area contributed by atoms with Gasteiger partial charge in [-0.15, -0.1) is 0 Å². The van der Waals surface area contributed by atoms with Crippen LogP contribution in [0.2, 0.25) is 0 Å². The fraction of sp³-hybridized carbons (Fsp3) is 0.346. The van der Waals surface area contributed by atoms with E-state index in [0.717, 1.165) is 19.3 Å². The van der Waals surface area contributed by atoms with Crippen LogP contribution in [0.3, 0.4) is 0 Å². The lowest BCUT2D eigenvalue weighted by Crippen LogP contribution is -2.30. The molecular formula is C26H27N3O6. The first-order valence-electron chi connectivity index (χ1n) is 11.6. The molecule has 1 heterocycles. The van der Waals surface area contributed by atoms with Gasteiger partial charge in [-0.2, -0.15) is 0 Å². The minimum Gasteiger partial charge on any atom is -0.452 e. The van der Waals surface area contributed by atoms with Crippen LogP contribution in [0.25, 0.3) is 0 Å². The second-order valence-corrected chi connectivity index (χ2v) is 9.07. The highest BCUT2D eigenvalue weighted by Crippen LogP contribution is 2.42. The maximum absolute atomic E-state index is 12.9. The van der Waals surface area contributed by atoms with E-state index in [1.165, 1.54) is 24.0 Å². The predicted octanol–water partition coefficient (Wildman–Crippen LogP) is 3.37. The molecule has 9 heteroatoms. The minimum atomic E-state index is -0.700. The van der Waals surface area contributed by atoms with Crippen LogP contribution in [0.15, 0.2) is 48.5 Å². The van der Waals surface area contributed by atoms with Gasteiger partial charge >= 0.3 is 5.97 Å². The van der Waals surface area contributed by atoms with E-state index in [4.69, 9.17) is 4.74 Å². The van der Waals surface area contributed by atoms with Crippen LogP contribution in [0.4, 0.5) is 17.1 Å². The zero-order chi connectivity index (χ0) is 25.1. The van der Waals surface area contributed by atoms with Gasteiger partial charge in [0.15, 0.2) is 6.61 Å². The standard InChI is InChI=1S/C26H27N3O6/c1-15-3-12-21-22(13-15)25(33)29(24(21)32)20-10-4-17(5-11-20)26(34)35-14-23(31)28-19-8-6-18(7-9-19)27-16(2)30/h4-11,15,21-22H,3,12-14H2,1-2H3,(H,27,30)(H,28,31)/t15-,21-,22+/m1/s1. The van der Waals surface area contributed by atoms with E-state index in [0.29, 0.717) is 23.0 Å². The summed E-state index contributed by atoms with van der Waals surface area (Å²) in [7, 11) is 0. The number of benzene rings is 2. The summed E-state index contributed by atoms with van der Waals surface area (Å²) in [6.07, 6.45) is 2.38. The van der Waals surface area contributed by atoms with E-state index < -0.39 is 18.5 Å². The number of imide groups is 1. The Morgan fingerprint density at radius 3 is 2.11 bits per heavy atom. The smallest absolute Gasteiger partial charge is 0.338 e. The van der Waals surface area contributed by atoms with Gasteiger partial charge in [-0.25, -0.2) is 4.79 Å². The number of anilines is 3. The highest BCUT2D eigenvalue weighted by molar-refractivity contribution is 6.22. The van der Waals surface area contributed by atoms with Crippen molar-refractivity contribution in [1.82, 2.24) is 0 Å². The average Bonchev–Trinajstić information content (AvgIpc) is 3.07. The van der Waals surface area contributed by atoms with Gasteiger partial charge in [-0.3, -0.25) is 24.1 Å². The lowest BCUT2D eigenvalue weighted by atomic mass is 9.76. The van der Waals surface area contributed by atoms with Crippen molar-refractivity contribution < 1.29 is 28.7 Å². The van der Waals surface area contributed by atoms with Gasteiger partial charge in [0.1, 0.15) is 0 Å². The first-order valence-corrected chi connectivity index (χ1v) is 11.6. The molecule has 2 aromatic rings. The summed E-state index contributed by atoms with van der Waals surface area (Å²) in [4.78, 5) is 62.4. The molecular weight excluding hydrogens is 450 g/mol. The van der Waals surface area contributed by atoms with Crippen molar-refractivity contribution in [1.29, 1.82) is 0 Å². The third kappa shape index (κ3) is 5.40. The Kier molecular flexibility index (Phi) is 6.95. The second kappa shape index (κ2) is 10.1. The molecule has 0 radical (unpaired) electrons. The molecule has 1 saturated carbocycles. The van der Waals surface area contributed by atoms with Crippen molar-refractivity contribution in [3.63, 3.8) is 0 Å². The normalized spacial score (nSPS) is 21.3. The number of carbonyl (C=O) groups is 5. The third-order valence-corrected chi connectivity index (χ3v) is 6.37. The molecule has 4 rings (SSSR count). The molecule has 35 heavy (non-hydrogen) atoms. The van der Waals surface area contributed by atoms with Gasteiger partial charge in [0, 0.05) is 18.3 Å². The van der Waals surface area contributed by atoms with Crippen molar-refractivity contribution >= 4 is 46.7 Å². The Labute approximate surface area is 202 Å². The fourth-order valence-electron chi connectivity index (χ4n) is 4.64. The Balaban J connectivity index is 1.31. The van der Waals surface area contributed by atoms with Crippen molar-refractivity contribution in [2.75, 3.05) is 22.1 Å². The van der Waals surface area contributed by atoms with Crippen molar-refractivity contribution in [3.05, 3.63) is 54.1 Å². The molecule has 0 spiro atoms. The number of carbonyl (C=O) groups excluding carboxylic acids is 5. The quantitative estimate of drug-likeness (QED) is 0.486. The van der Waals surface area contributed by atoms with Gasteiger partial charge in [-0.1, -0.05) is 6.92 Å². The molecule has 1 aliphatic carbocycles. The minimum absolute atomic E-state index is 0.177. The molecule has 182 valence electrons. The van der Waals surface area contributed by atoms with Crippen LogP contribution in [0.1, 0.15) is 43.5 Å². The molecule has 9 nitrogen and oxygen atoms in total. The van der Waals surface area contributed by atoms with Crippen LogP contribution < -0.4 is 15.5 Å². The lowest BCUT2D eigenvalue weighted by molar-refractivity contribution is -0.122. The molecule has 2 fully saturated rings. The Morgan fingerprint density at radius 2 is 1.49 bits per heavy atom. The van der Waals surface area contributed by atoms with Crippen molar-refractivity contribution in [2.24, 2.45) is 17.8 Å². The molecule has 1 aliphatic heterocycles. The van der Waals surface area contributed by atoms with E-state index >= 15 is 0 Å². The molecule has 3 atom stereocenters. The zero-order valence-corrected chi connectivity index (χ0v) is 19.6. The molecule has 2 aliphatic rings. The van der Waals surface area contributed by atoms with Gasteiger partial charge in [0.2, 0.25) is 17.7 Å². The number of hydrogen-bond donors (Lipinski definition) is 2. The van der Waals surface area contributed by atoms with E-state index in [-0.39, 0.29) is 35.1 Å². The average molecular weight is 478 g/mol. The number of amides is 4. The zero-order valence-electron chi connectivity index (χ0n) is 19.6. The van der Waals surface area contributed by atoms with E-state index in [2.05, 4.69) is 17.6 Å². The highest BCUT2D eigenvalue weighted by Gasteiger charge is 2.49. The number of ether oxygens (including phenoxy) is 1.